The van der Waals surface area contributed by atoms with E-state index in [1.54, 1.807) is 13.2 Å². The van der Waals surface area contributed by atoms with Gasteiger partial charge in [-0.25, -0.2) is 0 Å². The Morgan fingerprint density at radius 2 is 2.27 bits per heavy atom. The normalized spacial score (nSPS) is 12.5. The molecule has 0 rings (SSSR count). The minimum absolute atomic E-state index is 0.609. The molecule has 11 heavy (non-hydrogen) atoms. The maximum absolute atomic E-state index is 8.65. The number of nitriles is 1. The first-order chi connectivity index (χ1) is 5.29. The first-order valence-corrected chi connectivity index (χ1v) is 3.61. The highest BCUT2D eigenvalue weighted by molar-refractivity contribution is 5.37. The van der Waals surface area contributed by atoms with E-state index in [0.29, 0.717) is 11.3 Å². The number of ether oxygens (including phenoxy) is 1. The standard InChI is InChI=1S/C9H13NO/c1-4-6-8(7-10)9(5-2)11-3/h5-6H,4H2,1-3H3. The lowest BCUT2D eigenvalue weighted by atomic mass is 10.2. The van der Waals surface area contributed by atoms with Crippen LogP contribution in [0.4, 0.5) is 0 Å². The lowest BCUT2D eigenvalue weighted by Gasteiger charge is -2.01. The molecule has 60 valence electrons. The van der Waals surface area contributed by atoms with Crippen LogP contribution in [0.5, 0.6) is 0 Å². The predicted molar refractivity (Wildman–Crippen MR) is 44.8 cm³/mol. The Morgan fingerprint density at radius 3 is 2.55 bits per heavy atom. The zero-order chi connectivity index (χ0) is 8.69. The van der Waals surface area contributed by atoms with Gasteiger partial charge >= 0.3 is 0 Å². The highest BCUT2D eigenvalue weighted by Crippen LogP contribution is 2.09. The van der Waals surface area contributed by atoms with Crippen LogP contribution in [-0.4, -0.2) is 7.11 Å². The van der Waals surface area contributed by atoms with Crippen molar-refractivity contribution < 1.29 is 4.74 Å². The third-order valence-electron chi connectivity index (χ3n) is 1.28. The largest absolute Gasteiger partial charge is 0.496 e. The molecule has 0 aromatic rings. The molecule has 0 amide bonds. The molecule has 0 aliphatic heterocycles. The molecule has 0 bridgehead atoms. The van der Waals surface area contributed by atoms with Crippen LogP contribution in [0, 0.1) is 11.3 Å². The van der Waals surface area contributed by atoms with E-state index in [9.17, 15) is 0 Å². The van der Waals surface area contributed by atoms with Gasteiger partial charge in [-0.15, -0.1) is 0 Å². The Hall–Kier alpha value is -1.23. The van der Waals surface area contributed by atoms with Gasteiger partial charge in [-0.1, -0.05) is 13.0 Å². The lowest BCUT2D eigenvalue weighted by Crippen LogP contribution is -1.89. The molecule has 0 N–H and O–H groups in total. The molecule has 0 aromatic carbocycles. The van der Waals surface area contributed by atoms with Crippen LogP contribution in [0.3, 0.4) is 0 Å². The van der Waals surface area contributed by atoms with Crippen LogP contribution >= 0.6 is 0 Å². The van der Waals surface area contributed by atoms with Crippen molar-refractivity contribution in [3.8, 4) is 6.07 Å². The van der Waals surface area contributed by atoms with E-state index in [1.807, 2.05) is 19.9 Å². The molecule has 0 saturated heterocycles. The molecule has 2 heteroatoms. The van der Waals surface area contributed by atoms with Gasteiger partial charge in [0.15, 0.2) is 0 Å². The van der Waals surface area contributed by atoms with Crippen molar-refractivity contribution in [3.05, 3.63) is 23.5 Å². The summed E-state index contributed by atoms with van der Waals surface area (Å²) in [7, 11) is 1.57. The molecule has 0 radical (unpaired) electrons. The van der Waals surface area contributed by atoms with Gasteiger partial charge in [-0.2, -0.15) is 5.26 Å². The highest BCUT2D eigenvalue weighted by atomic mass is 16.5. The van der Waals surface area contributed by atoms with Gasteiger partial charge in [0, 0.05) is 0 Å². The Morgan fingerprint density at radius 1 is 1.64 bits per heavy atom. The number of hydrogen-bond acceptors (Lipinski definition) is 2. The number of nitrogens with zero attached hydrogens (tertiary/aromatic N) is 1. The third-order valence-corrected chi connectivity index (χ3v) is 1.28. The molecule has 0 aliphatic carbocycles. The quantitative estimate of drug-likeness (QED) is 0.352. The van der Waals surface area contributed by atoms with Gasteiger partial charge in [-0.3, -0.25) is 0 Å². The van der Waals surface area contributed by atoms with Gasteiger partial charge in [0.25, 0.3) is 0 Å². The molecular formula is C9H13NO. The Balaban J connectivity index is 4.52. The minimum Gasteiger partial charge on any atom is -0.496 e. The van der Waals surface area contributed by atoms with E-state index >= 15 is 0 Å². The van der Waals surface area contributed by atoms with E-state index in [-0.39, 0.29) is 0 Å². The van der Waals surface area contributed by atoms with Crippen molar-refractivity contribution in [1.29, 1.82) is 5.26 Å². The van der Waals surface area contributed by atoms with E-state index in [1.165, 1.54) is 0 Å². The summed E-state index contributed by atoms with van der Waals surface area (Å²) >= 11 is 0. The number of methoxy groups -OCH3 is 1. The lowest BCUT2D eigenvalue weighted by molar-refractivity contribution is 0.302. The molecule has 0 aromatic heterocycles. The first kappa shape index (κ1) is 9.77. The fourth-order valence-electron chi connectivity index (χ4n) is 0.789. The van der Waals surface area contributed by atoms with Crippen molar-refractivity contribution in [2.24, 2.45) is 0 Å². The van der Waals surface area contributed by atoms with Gasteiger partial charge in [0.1, 0.15) is 11.8 Å². The van der Waals surface area contributed by atoms with Crippen LogP contribution in [0.15, 0.2) is 23.5 Å². The van der Waals surface area contributed by atoms with E-state index in [2.05, 4.69) is 6.07 Å². The molecule has 0 unspecified atom stereocenters. The maximum atomic E-state index is 8.65. The average Bonchev–Trinajstić information content (AvgIpc) is 2.05. The van der Waals surface area contributed by atoms with Gasteiger partial charge in [0.2, 0.25) is 0 Å². The molecule has 0 atom stereocenters. The van der Waals surface area contributed by atoms with Crippen molar-refractivity contribution in [2.45, 2.75) is 20.3 Å². The molecule has 0 aliphatic rings. The Bertz CT molecular complexity index is 208. The van der Waals surface area contributed by atoms with Crippen molar-refractivity contribution in [2.75, 3.05) is 7.11 Å². The summed E-state index contributed by atoms with van der Waals surface area (Å²) in [6.45, 7) is 3.83. The van der Waals surface area contributed by atoms with Crippen LogP contribution in [0.1, 0.15) is 20.3 Å². The van der Waals surface area contributed by atoms with E-state index in [4.69, 9.17) is 10.00 Å². The Kier molecular flexibility index (Phi) is 4.93. The molecule has 0 spiro atoms. The molecular weight excluding hydrogens is 138 g/mol. The topological polar surface area (TPSA) is 33.0 Å². The van der Waals surface area contributed by atoms with E-state index < -0.39 is 0 Å². The number of rotatable bonds is 3. The smallest absolute Gasteiger partial charge is 0.132 e. The van der Waals surface area contributed by atoms with Crippen molar-refractivity contribution >= 4 is 0 Å². The fraction of sp³-hybridized carbons (Fsp3) is 0.444. The third kappa shape index (κ3) is 2.90. The highest BCUT2D eigenvalue weighted by Gasteiger charge is 2.00. The summed E-state index contributed by atoms with van der Waals surface area (Å²) in [5.41, 5.74) is 0.609. The first-order valence-electron chi connectivity index (χ1n) is 3.61. The molecule has 0 heterocycles. The predicted octanol–water partition coefficient (Wildman–Crippen LogP) is 2.40. The van der Waals surface area contributed by atoms with Gasteiger partial charge < -0.3 is 4.74 Å². The number of allylic oxidation sites excluding steroid dienone is 3. The second-order valence-electron chi connectivity index (χ2n) is 1.99. The zero-order valence-electron chi connectivity index (χ0n) is 7.22. The number of hydrogen-bond donors (Lipinski definition) is 0. The summed E-state index contributed by atoms with van der Waals surface area (Å²) in [5, 5.41) is 8.65. The molecule has 0 saturated carbocycles. The van der Waals surface area contributed by atoms with Crippen LogP contribution in [0.2, 0.25) is 0 Å². The molecule has 2 nitrogen and oxygen atoms in total. The summed E-state index contributed by atoms with van der Waals surface area (Å²) in [5.74, 6) is 0.648. The SMILES string of the molecule is CC=C(OC)C(C#N)=CCC. The van der Waals surface area contributed by atoms with Gasteiger partial charge in [0.05, 0.1) is 12.7 Å². The second-order valence-corrected chi connectivity index (χ2v) is 1.99. The summed E-state index contributed by atoms with van der Waals surface area (Å²) in [6, 6.07) is 2.07. The maximum Gasteiger partial charge on any atom is 0.132 e. The second kappa shape index (κ2) is 5.55. The summed E-state index contributed by atoms with van der Waals surface area (Å²) in [4.78, 5) is 0. The monoisotopic (exact) mass is 151 g/mol. The van der Waals surface area contributed by atoms with Crippen LogP contribution in [0.25, 0.3) is 0 Å². The Labute approximate surface area is 67.8 Å². The molecule has 0 fully saturated rings. The summed E-state index contributed by atoms with van der Waals surface area (Å²) in [6.07, 6.45) is 4.48. The van der Waals surface area contributed by atoms with Gasteiger partial charge in [-0.05, 0) is 19.4 Å². The average molecular weight is 151 g/mol. The van der Waals surface area contributed by atoms with Crippen LogP contribution < -0.4 is 0 Å². The van der Waals surface area contributed by atoms with E-state index in [0.717, 1.165) is 6.42 Å². The van der Waals surface area contributed by atoms with Crippen LogP contribution in [-0.2, 0) is 4.74 Å². The zero-order valence-corrected chi connectivity index (χ0v) is 7.22. The fourth-order valence-corrected chi connectivity index (χ4v) is 0.789. The minimum atomic E-state index is 0.609. The summed E-state index contributed by atoms with van der Waals surface area (Å²) < 4.78 is 4.98. The van der Waals surface area contributed by atoms with Crippen molar-refractivity contribution in [3.63, 3.8) is 0 Å². The van der Waals surface area contributed by atoms with Crippen molar-refractivity contribution in [1.82, 2.24) is 0 Å².